The van der Waals surface area contributed by atoms with Crippen LogP contribution in [0.5, 0.6) is 0 Å². The third-order valence-electron chi connectivity index (χ3n) is 3.28. The molecule has 8 heteroatoms. The average Bonchev–Trinajstić information content (AvgIpc) is 2.38. The zero-order valence-corrected chi connectivity index (χ0v) is 13.2. The molecule has 0 aromatic heterocycles. The van der Waals surface area contributed by atoms with E-state index in [0.717, 1.165) is 12.1 Å². The van der Waals surface area contributed by atoms with Crippen molar-refractivity contribution >= 4 is 16.0 Å². The van der Waals surface area contributed by atoms with Gasteiger partial charge in [-0.3, -0.25) is 0 Å². The molecule has 2 N–H and O–H groups in total. The Morgan fingerprint density at radius 3 is 2.48 bits per heavy atom. The van der Waals surface area contributed by atoms with Gasteiger partial charge in [0.05, 0.1) is 10.5 Å². The molecule has 0 aliphatic carbocycles. The van der Waals surface area contributed by atoms with Crippen LogP contribution in [-0.4, -0.2) is 51.1 Å². The normalized spacial score (nSPS) is 13.4. The van der Waals surface area contributed by atoms with Gasteiger partial charge in [-0.05, 0) is 40.1 Å². The first kappa shape index (κ1) is 17.5. The van der Waals surface area contributed by atoms with Crippen molar-refractivity contribution in [3.63, 3.8) is 0 Å². The summed E-state index contributed by atoms with van der Waals surface area (Å²) >= 11 is 0. The molecule has 0 spiro atoms. The molecule has 0 heterocycles. The Kier molecular flexibility index (Phi) is 5.43. The van der Waals surface area contributed by atoms with Gasteiger partial charge in [-0.1, -0.05) is 0 Å². The summed E-state index contributed by atoms with van der Waals surface area (Å²) in [5, 5.41) is 8.89. The number of hydrogen-bond acceptors (Lipinski definition) is 4. The highest BCUT2D eigenvalue weighted by molar-refractivity contribution is 7.89. The van der Waals surface area contributed by atoms with E-state index in [-0.39, 0.29) is 23.0 Å². The number of hydrogen-bond donors (Lipinski definition) is 2. The average molecular weight is 318 g/mol. The second-order valence-corrected chi connectivity index (χ2v) is 6.79. The number of carboxylic acid groups (broad SMARTS) is 1. The largest absolute Gasteiger partial charge is 0.478 e. The van der Waals surface area contributed by atoms with Gasteiger partial charge < -0.3 is 10.0 Å². The number of nitrogens with zero attached hydrogens (tertiary/aromatic N) is 1. The fourth-order valence-electron chi connectivity index (χ4n) is 1.55. The Balaban J connectivity index is 3.16. The van der Waals surface area contributed by atoms with Crippen LogP contribution in [0.3, 0.4) is 0 Å². The monoisotopic (exact) mass is 318 g/mol. The number of benzene rings is 1. The van der Waals surface area contributed by atoms with Gasteiger partial charge in [-0.25, -0.2) is 22.3 Å². The summed E-state index contributed by atoms with van der Waals surface area (Å²) in [5.41, 5.74) is -0.510. The van der Waals surface area contributed by atoms with Crippen LogP contribution in [0.2, 0.25) is 0 Å². The first-order valence-corrected chi connectivity index (χ1v) is 7.74. The second kappa shape index (κ2) is 6.50. The molecule has 0 amide bonds. The van der Waals surface area contributed by atoms with E-state index in [4.69, 9.17) is 5.11 Å². The van der Waals surface area contributed by atoms with Crippen molar-refractivity contribution in [2.45, 2.75) is 24.8 Å². The van der Waals surface area contributed by atoms with E-state index in [1.54, 1.807) is 14.1 Å². The van der Waals surface area contributed by atoms with Gasteiger partial charge in [-0.15, -0.1) is 0 Å². The number of carboxylic acids is 1. The minimum Gasteiger partial charge on any atom is -0.478 e. The van der Waals surface area contributed by atoms with E-state index in [1.165, 1.54) is 6.92 Å². The van der Waals surface area contributed by atoms with Gasteiger partial charge in [0, 0.05) is 18.2 Å². The number of nitrogens with one attached hydrogen (secondary N) is 1. The molecular weight excluding hydrogens is 299 g/mol. The van der Waals surface area contributed by atoms with E-state index in [2.05, 4.69) is 4.72 Å². The standard InChI is InChI=1S/C13H19FN2O4S/c1-8(16(3)4)7-15-21(19,20)12-6-10(13(17)18)5-11(14)9(12)2/h5-6,8,15H,7H2,1-4H3,(H,17,18). The van der Waals surface area contributed by atoms with E-state index in [0.29, 0.717) is 0 Å². The summed E-state index contributed by atoms with van der Waals surface area (Å²) in [4.78, 5) is 12.4. The summed E-state index contributed by atoms with van der Waals surface area (Å²) in [7, 11) is -0.377. The molecule has 0 bridgehead atoms. The van der Waals surface area contributed by atoms with Crippen molar-refractivity contribution in [2.24, 2.45) is 0 Å². The molecule has 118 valence electrons. The topological polar surface area (TPSA) is 86.7 Å². The number of likely N-dealkylation sites (N-methyl/N-ethyl adjacent to an activating group) is 1. The van der Waals surface area contributed by atoms with Crippen LogP contribution in [0.15, 0.2) is 17.0 Å². The Morgan fingerprint density at radius 1 is 1.43 bits per heavy atom. The Bertz CT molecular complexity index is 644. The molecule has 1 atom stereocenters. The Morgan fingerprint density at radius 2 is 2.00 bits per heavy atom. The maximum atomic E-state index is 13.7. The van der Waals surface area contributed by atoms with Gasteiger partial charge in [0.2, 0.25) is 10.0 Å². The van der Waals surface area contributed by atoms with E-state index in [1.807, 2.05) is 11.8 Å². The minimum atomic E-state index is -3.98. The predicted molar refractivity (Wildman–Crippen MR) is 76.4 cm³/mol. The molecule has 21 heavy (non-hydrogen) atoms. The third kappa shape index (κ3) is 4.23. The molecule has 1 rings (SSSR count). The lowest BCUT2D eigenvalue weighted by Crippen LogP contribution is -2.38. The highest BCUT2D eigenvalue weighted by Crippen LogP contribution is 2.20. The molecule has 6 nitrogen and oxygen atoms in total. The van der Waals surface area contributed by atoms with Gasteiger partial charge in [-0.2, -0.15) is 0 Å². The summed E-state index contributed by atoms with van der Waals surface area (Å²) in [6.45, 7) is 3.25. The third-order valence-corrected chi connectivity index (χ3v) is 4.83. The first-order valence-electron chi connectivity index (χ1n) is 6.25. The second-order valence-electron chi connectivity index (χ2n) is 5.05. The molecular formula is C13H19FN2O4S. The lowest BCUT2D eigenvalue weighted by molar-refractivity contribution is 0.0696. The van der Waals surface area contributed by atoms with Crippen LogP contribution < -0.4 is 4.72 Å². The first-order chi connectivity index (χ1) is 9.56. The highest BCUT2D eigenvalue weighted by Gasteiger charge is 2.22. The number of sulfonamides is 1. The zero-order valence-electron chi connectivity index (χ0n) is 12.3. The smallest absolute Gasteiger partial charge is 0.335 e. The van der Waals surface area contributed by atoms with Crippen molar-refractivity contribution < 1.29 is 22.7 Å². The van der Waals surface area contributed by atoms with Gasteiger partial charge in [0.1, 0.15) is 5.82 Å². The van der Waals surface area contributed by atoms with Crippen LogP contribution in [0, 0.1) is 12.7 Å². The van der Waals surface area contributed by atoms with Crippen LogP contribution in [0.1, 0.15) is 22.8 Å². The molecule has 1 aromatic rings. The summed E-state index contributed by atoms with van der Waals surface area (Å²) in [6, 6.07) is 1.70. The van der Waals surface area contributed by atoms with Crippen LogP contribution in [0.4, 0.5) is 4.39 Å². The van der Waals surface area contributed by atoms with Gasteiger partial charge >= 0.3 is 5.97 Å². The van der Waals surface area contributed by atoms with E-state index < -0.39 is 27.4 Å². The van der Waals surface area contributed by atoms with E-state index in [9.17, 15) is 17.6 Å². The molecule has 1 unspecified atom stereocenters. The summed E-state index contributed by atoms with van der Waals surface area (Å²) in [6.07, 6.45) is 0. The highest BCUT2D eigenvalue weighted by atomic mass is 32.2. The van der Waals surface area contributed by atoms with Crippen LogP contribution in [0.25, 0.3) is 0 Å². The SMILES string of the molecule is Cc1c(F)cc(C(=O)O)cc1S(=O)(=O)NCC(C)N(C)C. The van der Waals surface area contributed by atoms with Crippen molar-refractivity contribution in [3.8, 4) is 0 Å². The van der Waals surface area contributed by atoms with Crippen LogP contribution in [-0.2, 0) is 10.0 Å². The minimum absolute atomic E-state index is 0.0624. The van der Waals surface area contributed by atoms with Crippen molar-refractivity contribution in [1.29, 1.82) is 0 Å². The van der Waals surface area contributed by atoms with Crippen molar-refractivity contribution in [3.05, 3.63) is 29.1 Å². The summed E-state index contributed by atoms with van der Waals surface area (Å²) in [5.74, 6) is -2.25. The van der Waals surface area contributed by atoms with Crippen molar-refractivity contribution in [2.75, 3.05) is 20.6 Å². The lowest BCUT2D eigenvalue weighted by atomic mass is 10.1. The quantitative estimate of drug-likeness (QED) is 0.819. The fraction of sp³-hybridized carbons (Fsp3) is 0.462. The zero-order chi connectivity index (χ0) is 16.4. The molecule has 1 aromatic carbocycles. The molecule has 0 aliphatic heterocycles. The van der Waals surface area contributed by atoms with Crippen LogP contribution >= 0.6 is 0 Å². The lowest BCUT2D eigenvalue weighted by Gasteiger charge is -2.20. The molecule has 0 saturated carbocycles. The Labute approximate surface area is 123 Å². The molecule has 0 saturated heterocycles. The fourth-order valence-corrected chi connectivity index (χ4v) is 2.95. The molecule has 0 radical (unpaired) electrons. The maximum absolute atomic E-state index is 13.7. The van der Waals surface area contributed by atoms with Crippen molar-refractivity contribution in [1.82, 2.24) is 9.62 Å². The number of aromatic carboxylic acids is 1. The number of rotatable bonds is 6. The number of halogens is 1. The van der Waals surface area contributed by atoms with Gasteiger partial charge in [0.25, 0.3) is 0 Å². The number of carbonyl (C=O) groups is 1. The molecule has 0 fully saturated rings. The van der Waals surface area contributed by atoms with E-state index >= 15 is 0 Å². The van der Waals surface area contributed by atoms with Gasteiger partial charge in [0.15, 0.2) is 0 Å². The predicted octanol–water partition coefficient (Wildman–Crippen LogP) is 1.06. The molecule has 0 aliphatic rings. The summed E-state index contributed by atoms with van der Waals surface area (Å²) < 4.78 is 40.5. The Hall–Kier alpha value is -1.51. The maximum Gasteiger partial charge on any atom is 0.335 e.